The second-order valence-electron chi connectivity index (χ2n) is 6.09. The van der Waals surface area contributed by atoms with Crippen LogP contribution in [0.1, 0.15) is 18.0 Å². The van der Waals surface area contributed by atoms with Crippen molar-refractivity contribution < 1.29 is 13.9 Å². The minimum atomic E-state index is -2.02. The molecule has 1 aliphatic heterocycles. The van der Waals surface area contributed by atoms with Crippen molar-refractivity contribution in [3.63, 3.8) is 0 Å². The molecule has 0 unspecified atom stereocenters. The molecule has 3 atom stereocenters. The molecule has 132 valence electrons. The SMILES string of the molecule is COc1ccc(N[C@@H](c2ccccc2)[C@]2(F)C[C@H](I)CNC2=O)cc1. The van der Waals surface area contributed by atoms with Crippen LogP contribution < -0.4 is 15.4 Å². The second kappa shape index (κ2) is 7.59. The van der Waals surface area contributed by atoms with Gasteiger partial charge in [0.25, 0.3) is 5.91 Å². The summed E-state index contributed by atoms with van der Waals surface area (Å²) in [6.07, 6.45) is 0.169. The highest BCUT2D eigenvalue weighted by molar-refractivity contribution is 14.1. The maximum atomic E-state index is 15.9. The molecule has 6 heteroatoms. The van der Waals surface area contributed by atoms with Crippen molar-refractivity contribution in [2.24, 2.45) is 0 Å². The molecule has 2 aromatic carbocycles. The second-order valence-corrected chi connectivity index (χ2v) is 7.85. The van der Waals surface area contributed by atoms with Crippen LogP contribution in [0.15, 0.2) is 54.6 Å². The van der Waals surface area contributed by atoms with Crippen LogP contribution in [-0.4, -0.2) is 29.2 Å². The lowest BCUT2D eigenvalue weighted by Gasteiger charge is -2.38. The van der Waals surface area contributed by atoms with Gasteiger partial charge in [0.15, 0.2) is 0 Å². The Kier molecular flexibility index (Phi) is 5.46. The van der Waals surface area contributed by atoms with Crippen molar-refractivity contribution in [2.45, 2.75) is 22.1 Å². The molecule has 0 spiro atoms. The Morgan fingerprint density at radius 2 is 1.92 bits per heavy atom. The van der Waals surface area contributed by atoms with Gasteiger partial charge in [-0.2, -0.15) is 0 Å². The fraction of sp³-hybridized carbons (Fsp3) is 0.316. The molecule has 0 bridgehead atoms. The van der Waals surface area contributed by atoms with Gasteiger partial charge in [-0.3, -0.25) is 4.79 Å². The van der Waals surface area contributed by atoms with E-state index in [9.17, 15) is 4.79 Å². The van der Waals surface area contributed by atoms with E-state index in [1.54, 1.807) is 19.2 Å². The number of carbonyl (C=O) groups is 1. The number of nitrogens with one attached hydrogen (secondary N) is 2. The zero-order chi connectivity index (χ0) is 17.9. The molecule has 0 saturated carbocycles. The molecule has 4 nitrogen and oxygen atoms in total. The molecule has 2 aromatic rings. The van der Waals surface area contributed by atoms with Gasteiger partial charge >= 0.3 is 0 Å². The zero-order valence-electron chi connectivity index (χ0n) is 13.8. The molecule has 0 aliphatic carbocycles. The van der Waals surface area contributed by atoms with Gasteiger partial charge in [0.05, 0.1) is 13.2 Å². The fourth-order valence-electron chi connectivity index (χ4n) is 3.05. The van der Waals surface area contributed by atoms with E-state index < -0.39 is 17.6 Å². The molecule has 3 rings (SSSR count). The Balaban J connectivity index is 1.96. The minimum Gasteiger partial charge on any atom is -0.497 e. The number of anilines is 1. The Hall–Kier alpha value is -1.83. The fourth-order valence-corrected chi connectivity index (χ4v) is 3.91. The monoisotopic (exact) mass is 454 g/mol. The maximum absolute atomic E-state index is 15.9. The molecule has 1 saturated heterocycles. The summed E-state index contributed by atoms with van der Waals surface area (Å²) in [6, 6.07) is 15.7. The van der Waals surface area contributed by atoms with Gasteiger partial charge in [0, 0.05) is 22.6 Å². The summed E-state index contributed by atoms with van der Waals surface area (Å²) in [5.41, 5.74) is -0.553. The Morgan fingerprint density at radius 1 is 1.24 bits per heavy atom. The first-order valence-corrected chi connectivity index (χ1v) is 9.34. The third kappa shape index (κ3) is 3.89. The van der Waals surface area contributed by atoms with E-state index in [1.807, 2.05) is 42.5 Å². The predicted molar refractivity (Wildman–Crippen MR) is 105 cm³/mol. The number of benzene rings is 2. The highest BCUT2D eigenvalue weighted by Gasteiger charge is 2.50. The van der Waals surface area contributed by atoms with Crippen molar-refractivity contribution in [3.8, 4) is 5.75 Å². The lowest BCUT2D eigenvalue weighted by atomic mass is 9.83. The van der Waals surface area contributed by atoms with E-state index in [1.165, 1.54) is 0 Å². The number of halogens is 2. The van der Waals surface area contributed by atoms with Crippen LogP contribution in [0.5, 0.6) is 5.75 Å². The number of carbonyl (C=O) groups excluding carboxylic acids is 1. The Morgan fingerprint density at radius 3 is 2.56 bits per heavy atom. The maximum Gasteiger partial charge on any atom is 0.260 e. The zero-order valence-corrected chi connectivity index (χ0v) is 16.0. The number of piperidine rings is 1. The van der Waals surface area contributed by atoms with Crippen molar-refractivity contribution in [1.82, 2.24) is 5.32 Å². The van der Waals surface area contributed by atoms with Crippen LogP contribution in [0.2, 0.25) is 0 Å². The number of amides is 1. The van der Waals surface area contributed by atoms with E-state index in [4.69, 9.17) is 4.74 Å². The molecule has 0 radical (unpaired) electrons. The van der Waals surface area contributed by atoms with E-state index in [2.05, 4.69) is 33.2 Å². The average molecular weight is 454 g/mol. The lowest BCUT2D eigenvalue weighted by Crippen LogP contribution is -2.56. The molecular formula is C19H20FIN2O2. The summed E-state index contributed by atoms with van der Waals surface area (Å²) in [5, 5.41) is 5.91. The summed E-state index contributed by atoms with van der Waals surface area (Å²) >= 11 is 2.19. The van der Waals surface area contributed by atoms with Gasteiger partial charge in [-0.05, 0) is 29.8 Å². The summed E-state index contributed by atoms with van der Waals surface area (Å²) in [6.45, 7) is 0.495. The summed E-state index contributed by atoms with van der Waals surface area (Å²) in [5.74, 6) is 0.162. The molecular weight excluding hydrogens is 434 g/mol. The highest BCUT2D eigenvalue weighted by atomic mass is 127. The van der Waals surface area contributed by atoms with Gasteiger partial charge in [-0.1, -0.05) is 52.9 Å². The number of alkyl halides is 2. The number of ether oxygens (including phenoxy) is 1. The van der Waals surface area contributed by atoms with Crippen LogP contribution in [0.25, 0.3) is 0 Å². The molecule has 0 aromatic heterocycles. The van der Waals surface area contributed by atoms with Gasteiger partial charge in [0.2, 0.25) is 5.67 Å². The van der Waals surface area contributed by atoms with Crippen LogP contribution in [0.3, 0.4) is 0 Å². The van der Waals surface area contributed by atoms with Gasteiger partial charge in [0.1, 0.15) is 5.75 Å². The quantitative estimate of drug-likeness (QED) is 0.533. The van der Waals surface area contributed by atoms with Crippen molar-refractivity contribution in [3.05, 3.63) is 60.2 Å². The first-order chi connectivity index (χ1) is 12.0. The summed E-state index contributed by atoms with van der Waals surface area (Å²) in [7, 11) is 1.60. The summed E-state index contributed by atoms with van der Waals surface area (Å²) in [4.78, 5) is 12.4. The number of hydrogen-bond acceptors (Lipinski definition) is 3. The third-order valence-corrected chi connectivity index (χ3v) is 5.25. The van der Waals surface area contributed by atoms with Gasteiger partial charge < -0.3 is 15.4 Å². The molecule has 1 fully saturated rings. The van der Waals surface area contributed by atoms with Crippen LogP contribution in [0.4, 0.5) is 10.1 Å². The van der Waals surface area contributed by atoms with Crippen molar-refractivity contribution in [2.75, 3.05) is 19.0 Å². The molecule has 1 heterocycles. The molecule has 1 amide bonds. The lowest BCUT2D eigenvalue weighted by molar-refractivity contribution is -0.136. The van der Waals surface area contributed by atoms with Gasteiger partial charge in [-0.15, -0.1) is 0 Å². The highest BCUT2D eigenvalue weighted by Crippen LogP contribution is 2.40. The first-order valence-electron chi connectivity index (χ1n) is 8.10. The number of methoxy groups -OCH3 is 1. The molecule has 1 aliphatic rings. The van der Waals surface area contributed by atoms with E-state index in [0.29, 0.717) is 6.54 Å². The Bertz CT molecular complexity index is 726. The van der Waals surface area contributed by atoms with E-state index in [0.717, 1.165) is 17.0 Å². The van der Waals surface area contributed by atoms with Crippen LogP contribution in [0, 0.1) is 0 Å². The molecule has 2 N–H and O–H groups in total. The first kappa shape index (κ1) is 18.0. The minimum absolute atomic E-state index is 0.0455. The van der Waals surface area contributed by atoms with E-state index >= 15 is 4.39 Å². The normalized spacial score (nSPS) is 24.3. The largest absolute Gasteiger partial charge is 0.497 e. The van der Waals surface area contributed by atoms with Crippen molar-refractivity contribution >= 4 is 34.2 Å². The third-order valence-electron chi connectivity index (χ3n) is 4.37. The number of rotatable bonds is 5. The number of hydrogen-bond donors (Lipinski definition) is 2. The van der Waals surface area contributed by atoms with E-state index in [-0.39, 0.29) is 10.3 Å². The molecule has 25 heavy (non-hydrogen) atoms. The van der Waals surface area contributed by atoms with Crippen LogP contribution >= 0.6 is 22.6 Å². The topological polar surface area (TPSA) is 50.4 Å². The predicted octanol–water partition coefficient (Wildman–Crippen LogP) is 3.88. The Labute approximate surface area is 160 Å². The smallest absolute Gasteiger partial charge is 0.260 e. The standard InChI is InChI=1S/C19H20FIN2O2/c1-25-16-9-7-15(8-10-16)23-17(13-5-3-2-4-6-13)19(20)11-14(21)12-22-18(19)24/h2-10,14,17,23H,11-12H2,1H3,(H,22,24)/t14-,17-,19+/m0/s1. The van der Waals surface area contributed by atoms with Gasteiger partial charge in [-0.25, -0.2) is 4.39 Å². The average Bonchev–Trinajstić information content (AvgIpc) is 2.64. The van der Waals surface area contributed by atoms with Crippen LogP contribution in [-0.2, 0) is 4.79 Å². The summed E-state index contributed by atoms with van der Waals surface area (Å²) < 4.78 is 21.1. The van der Waals surface area contributed by atoms with Crippen molar-refractivity contribution in [1.29, 1.82) is 0 Å².